The maximum Gasteiger partial charge on any atom is 0.343 e. The maximum absolute atomic E-state index is 12.3. The summed E-state index contributed by atoms with van der Waals surface area (Å²) in [5, 5.41) is 6.63. The average Bonchev–Trinajstić information content (AvgIpc) is 2.77. The molecule has 0 unspecified atom stereocenters. The zero-order chi connectivity index (χ0) is 20.3. The summed E-state index contributed by atoms with van der Waals surface area (Å²) < 4.78 is 11.1. The zero-order valence-corrected chi connectivity index (χ0v) is 17.2. The Labute approximate surface area is 173 Å². The highest BCUT2D eigenvalue weighted by Gasteiger charge is 2.09. The van der Waals surface area contributed by atoms with Gasteiger partial charge in [0.25, 0.3) is 0 Å². The second-order valence-electron chi connectivity index (χ2n) is 7.30. The number of nitrogens with zero attached hydrogens (tertiary/aromatic N) is 2. The Kier molecular flexibility index (Phi) is 8.11. The van der Waals surface area contributed by atoms with Gasteiger partial charge in [0.15, 0.2) is 0 Å². The van der Waals surface area contributed by atoms with Gasteiger partial charge in [-0.1, -0.05) is 19.8 Å². The van der Waals surface area contributed by atoms with Crippen LogP contribution in [0.25, 0.3) is 0 Å². The fourth-order valence-corrected chi connectivity index (χ4v) is 3.16. The SMILES string of the molecule is CCCCCOc1ccc(C(=O)Oc2ccc(/C=N/N3CCCCC3)cc2)cc1. The van der Waals surface area contributed by atoms with Crippen LogP contribution in [0, 0.1) is 0 Å². The summed E-state index contributed by atoms with van der Waals surface area (Å²) in [7, 11) is 0. The minimum Gasteiger partial charge on any atom is -0.494 e. The van der Waals surface area contributed by atoms with Crippen molar-refractivity contribution in [2.75, 3.05) is 19.7 Å². The van der Waals surface area contributed by atoms with Crippen LogP contribution < -0.4 is 9.47 Å². The number of piperidine rings is 1. The van der Waals surface area contributed by atoms with E-state index < -0.39 is 0 Å². The molecule has 0 N–H and O–H groups in total. The lowest BCUT2D eigenvalue weighted by Gasteiger charge is -2.23. The summed E-state index contributed by atoms with van der Waals surface area (Å²) >= 11 is 0. The van der Waals surface area contributed by atoms with Crippen molar-refractivity contribution in [2.45, 2.75) is 45.4 Å². The number of hydrazone groups is 1. The molecule has 0 radical (unpaired) electrons. The highest BCUT2D eigenvalue weighted by atomic mass is 16.5. The summed E-state index contributed by atoms with van der Waals surface area (Å²) in [6.07, 6.45) is 8.93. The van der Waals surface area contributed by atoms with Crippen LogP contribution >= 0.6 is 0 Å². The zero-order valence-electron chi connectivity index (χ0n) is 17.2. The monoisotopic (exact) mass is 394 g/mol. The first-order chi connectivity index (χ1) is 14.2. The van der Waals surface area contributed by atoms with Crippen molar-refractivity contribution in [2.24, 2.45) is 5.10 Å². The van der Waals surface area contributed by atoms with Crippen molar-refractivity contribution in [1.29, 1.82) is 0 Å². The van der Waals surface area contributed by atoms with Crippen molar-refractivity contribution in [3.05, 3.63) is 59.7 Å². The Bertz CT molecular complexity index is 779. The topological polar surface area (TPSA) is 51.1 Å². The summed E-state index contributed by atoms with van der Waals surface area (Å²) in [6.45, 7) is 4.91. The molecule has 0 aliphatic carbocycles. The third-order valence-electron chi connectivity index (χ3n) is 4.90. The second-order valence-corrected chi connectivity index (χ2v) is 7.30. The lowest BCUT2D eigenvalue weighted by atomic mass is 10.2. The molecule has 154 valence electrons. The van der Waals surface area contributed by atoms with E-state index in [1.807, 2.05) is 30.5 Å². The van der Waals surface area contributed by atoms with Crippen LogP contribution in [0.15, 0.2) is 53.6 Å². The molecule has 29 heavy (non-hydrogen) atoms. The van der Waals surface area contributed by atoms with Gasteiger partial charge >= 0.3 is 5.97 Å². The molecule has 1 fully saturated rings. The highest BCUT2D eigenvalue weighted by Crippen LogP contribution is 2.17. The number of carbonyl (C=O) groups excluding carboxylic acids is 1. The number of benzene rings is 2. The Balaban J connectivity index is 1.49. The van der Waals surface area contributed by atoms with Crippen molar-refractivity contribution in [1.82, 2.24) is 5.01 Å². The molecule has 1 heterocycles. The van der Waals surface area contributed by atoms with Gasteiger partial charge < -0.3 is 9.47 Å². The normalized spacial score (nSPS) is 14.2. The van der Waals surface area contributed by atoms with E-state index in [0.717, 1.165) is 37.2 Å². The van der Waals surface area contributed by atoms with E-state index in [1.54, 1.807) is 24.3 Å². The molecule has 5 heteroatoms. The lowest BCUT2D eigenvalue weighted by Crippen LogP contribution is -2.24. The maximum atomic E-state index is 12.3. The van der Waals surface area contributed by atoms with E-state index in [9.17, 15) is 4.79 Å². The van der Waals surface area contributed by atoms with Gasteiger partial charge in [0, 0.05) is 13.1 Å². The van der Waals surface area contributed by atoms with E-state index in [0.29, 0.717) is 17.9 Å². The smallest absolute Gasteiger partial charge is 0.343 e. The van der Waals surface area contributed by atoms with Gasteiger partial charge in [0.05, 0.1) is 18.4 Å². The molecule has 1 aliphatic rings. The molecule has 5 nitrogen and oxygen atoms in total. The van der Waals surface area contributed by atoms with Crippen molar-refractivity contribution >= 4 is 12.2 Å². The quantitative estimate of drug-likeness (QED) is 0.251. The first-order valence-corrected chi connectivity index (χ1v) is 10.6. The number of unbranched alkanes of at least 4 members (excludes halogenated alkanes) is 2. The highest BCUT2D eigenvalue weighted by molar-refractivity contribution is 5.91. The number of carbonyl (C=O) groups is 1. The van der Waals surface area contributed by atoms with Crippen LogP contribution in [0.1, 0.15) is 61.4 Å². The number of ether oxygens (including phenoxy) is 2. The van der Waals surface area contributed by atoms with E-state index >= 15 is 0 Å². The molecule has 0 saturated carbocycles. The molecule has 0 bridgehead atoms. The van der Waals surface area contributed by atoms with Crippen LogP contribution in [0.2, 0.25) is 0 Å². The lowest BCUT2D eigenvalue weighted by molar-refractivity contribution is 0.0734. The molecule has 2 aromatic rings. The van der Waals surface area contributed by atoms with Gasteiger partial charge in [-0.2, -0.15) is 5.10 Å². The van der Waals surface area contributed by atoms with E-state index in [4.69, 9.17) is 9.47 Å². The molecule has 2 aromatic carbocycles. The Morgan fingerprint density at radius 3 is 2.34 bits per heavy atom. The average molecular weight is 395 g/mol. The van der Waals surface area contributed by atoms with E-state index in [-0.39, 0.29) is 5.97 Å². The molecular formula is C24H30N2O3. The Hall–Kier alpha value is -2.82. The minimum absolute atomic E-state index is 0.378. The van der Waals surface area contributed by atoms with Gasteiger partial charge in [0.1, 0.15) is 11.5 Å². The molecule has 3 rings (SSSR count). The fraction of sp³-hybridized carbons (Fsp3) is 0.417. The van der Waals surface area contributed by atoms with E-state index in [1.165, 1.54) is 25.7 Å². The third-order valence-corrected chi connectivity index (χ3v) is 4.90. The number of esters is 1. The summed E-state index contributed by atoms with van der Waals surface area (Å²) in [4.78, 5) is 12.3. The first-order valence-electron chi connectivity index (χ1n) is 10.6. The Morgan fingerprint density at radius 1 is 0.966 bits per heavy atom. The second kappa shape index (κ2) is 11.2. The fourth-order valence-electron chi connectivity index (χ4n) is 3.16. The summed E-state index contributed by atoms with van der Waals surface area (Å²) in [6, 6.07) is 14.5. The van der Waals surface area contributed by atoms with Gasteiger partial charge in [-0.3, -0.25) is 5.01 Å². The molecule has 0 spiro atoms. The number of hydrogen-bond acceptors (Lipinski definition) is 5. The standard InChI is InChI=1S/C24H30N2O3/c1-2-3-7-18-28-22-14-10-21(11-15-22)24(27)29-23-12-8-20(9-13-23)19-25-26-16-5-4-6-17-26/h8-15,19H,2-7,16-18H2,1H3/b25-19+. The van der Waals surface area contributed by atoms with Crippen LogP contribution in [-0.4, -0.2) is 36.9 Å². The largest absolute Gasteiger partial charge is 0.494 e. The van der Waals surface area contributed by atoms with Crippen molar-refractivity contribution < 1.29 is 14.3 Å². The minimum atomic E-state index is -0.378. The molecular weight excluding hydrogens is 364 g/mol. The van der Waals surface area contributed by atoms with Gasteiger partial charge in [0.2, 0.25) is 0 Å². The van der Waals surface area contributed by atoms with Gasteiger partial charge in [-0.05, 0) is 79.8 Å². The molecule has 0 atom stereocenters. The van der Waals surface area contributed by atoms with Crippen molar-refractivity contribution in [3.8, 4) is 11.5 Å². The third kappa shape index (κ3) is 6.93. The van der Waals surface area contributed by atoms with Gasteiger partial charge in [-0.15, -0.1) is 0 Å². The van der Waals surface area contributed by atoms with Gasteiger partial charge in [-0.25, -0.2) is 4.79 Å². The predicted molar refractivity (Wildman–Crippen MR) is 116 cm³/mol. The molecule has 0 amide bonds. The van der Waals surface area contributed by atoms with Crippen LogP contribution in [-0.2, 0) is 0 Å². The first kappa shape index (κ1) is 20.9. The predicted octanol–water partition coefficient (Wildman–Crippen LogP) is 5.29. The molecule has 0 aromatic heterocycles. The Morgan fingerprint density at radius 2 is 1.66 bits per heavy atom. The summed E-state index contributed by atoms with van der Waals surface area (Å²) in [5.74, 6) is 0.914. The van der Waals surface area contributed by atoms with Crippen LogP contribution in [0.5, 0.6) is 11.5 Å². The van der Waals surface area contributed by atoms with Crippen molar-refractivity contribution in [3.63, 3.8) is 0 Å². The summed E-state index contributed by atoms with van der Waals surface area (Å²) in [5.41, 5.74) is 1.49. The van der Waals surface area contributed by atoms with Crippen LogP contribution in [0.3, 0.4) is 0 Å². The van der Waals surface area contributed by atoms with Crippen LogP contribution in [0.4, 0.5) is 0 Å². The molecule has 1 saturated heterocycles. The number of rotatable bonds is 9. The molecule has 1 aliphatic heterocycles. The number of hydrogen-bond donors (Lipinski definition) is 0. The van der Waals surface area contributed by atoms with E-state index in [2.05, 4.69) is 17.0 Å².